The second-order valence-corrected chi connectivity index (χ2v) is 7.25. The summed E-state index contributed by atoms with van der Waals surface area (Å²) < 4.78 is 18.7. The number of rotatable bonds is 4. The fraction of sp³-hybridized carbons (Fsp3) is 0.556. The second-order valence-electron chi connectivity index (χ2n) is 7.25. The number of ether oxygens (including phenoxy) is 1. The Bertz CT molecular complexity index is 690. The number of carboxylic acids is 1. The predicted molar refractivity (Wildman–Crippen MR) is 89.2 cm³/mol. The molecule has 136 valence electrons. The van der Waals surface area contributed by atoms with Crippen molar-refractivity contribution >= 4 is 12.0 Å². The highest BCUT2D eigenvalue weighted by Crippen LogP contribution is 2.38. The van der Waals surface area contributed by atoms with Gasteiger partial charge in [0.25, 0.3) is 0 Å². The highest BCUT2D eigenvalue weighted by atomic mass is 19.1. The van der Waals surface area contributed by atoms with Crippen molar-refractivity contribution in [1.29, 1.82) is 0 Å². The van der Waals surface area contributed by atoms with E-state index in [4.69, 9.17) is 4.74 Å². The number of hydrogen-bond donors (Lipinski definition) is 2. The highest BCUT2D eigenvalue weighted by molar-refractivity contribution is 5.79. The van der Waals surface area contributed by atoms with Crippen molar-refractivity contribution in [3.05, 3.63) is 29.6 Å². The van der Waals surface area contributed by atoms with Crippen molar-refractivity contribution in [2.45, 2.75) is 38.1 Å². The smallest absolute Gasteiger partial charge is 0.317 e. The number of amides is 2. The summed E-state index contributed by atoms with van der Waals surface area (Å²) >= 11 is 0. The zero-order valence-corrected chi connectivity index (χ0v) is 14.4. The maximum Gasteiger partial charge on any atom is 0.317 e. The van der Waals surface area contributed by atoms with Crippen LogP contribution in [0.2, 0.25) is 0 Å². The molecule has 0 radical (unpaired) electrons. The summed E-state index contributed by atoms with van der Waals surface area (Å²) in [4.78, 5) is 25.1. The number of likely N-dealkylation sites (tertiary alicyclic amines) is 1. The van der Waals surface area contributed by atoms with Gasteiger partial charge in [0, 0.05) is 19.1 Å². The van der Waals surface area contributed by atoms with Crippen LogP contribution in [-0.4, -0.2) is 48.2 Å². The Morgan fingerprint density at radius 1 is 1.40 bits per heavy atom. The first kappa shape index (κ1) is 17.5. The van der Waals surface area contributed by atoms with Gasteiger partial charge in [-0.25, -0.2) is 9.18 Å². The molecule has 2 N–H and O–H groups in total. The quantitative estimate of drug-likeness (QED) is 0.875. The number of nitrogens with zero attached hydrogens (tertiary/aromatic N) is 1. The van der Waals surface area contributed by atoms with Gasteiger partial charge in [-0.2, -0.15) is 0 Å². The van der Waals surface area contributed by atoms with Crippen molar-refractivity contribution in [3.63, 3.8) is 0 Å². The second kappa shape index (κ2) is 6.54. The van der Waals surface area contributed by atoms with Gasteiger partial charge in [-0.1, -0.05) is 6.07 Å². The van der Waals surface area contributed by atoms with Crippen LogP contribution in [0.1, 0.15) is 37.7 Å². The van der Waals surface area contributed by atoms with E-state index >= 15 is 0 Å². The van der Waals surface area contributed by atoms with Gasteiger partial charge in [-0.3, -0.25) is 4.79 Å². The molecule has 2 aliphatic rings. The summed E-state index contributed by atoms with van der Waals surface area (Å²) in [6, 6.07) is 4.78. The first-order valence-corrected chi connectivity index (χ1v) is 8.44. The molecule has 2 amide bonds. The third kappa shape index (κ3) is 3.41. The van der Waals surface area contributed by atoms with Gasteiger partial charge in [0.2, 0.25) is 0 Å². The molecule has 1 atom stereocenters. The lowest BCUT2D eigenvalue weighted by Crippen LogP contribution is -2.49. The summed E-state index contributed by atoms with van der Waals surface area (Å²) in [6.07, 6.45) is 1.97. The number of urea groups is 1. The van der Waals surface area contributed by atoms with E-state index < -0.39 is 11.4 Å². The fourth-order valence-corrected chi connectivity index (χ4v) is 3.52. The maximum atomic E-state index is 13.8. The fourth-order valence-electron chi connectivity index (χ4n) is 3.52. The Labute approximate surface area is 146 Å². The molecule has 1 aliphatic carbocycles. The Hall–Kier alpha value is -2.31. The van der Waals surface area contributed by atoms with Crippen molar-refractivity contribution in [3.8, 4) is 5.75 Å². The number of methoxy groups -OCH3 is 1. The molecule has 3 rings (SSSR count). The summed E-state index contributed by atoms with van der Waals surface area (Å²) in [5.41, 5.74) is 0.0449. The molecule has 7 heteroatoms. The molecule has 2 fully saturated rings. The molecule has 1 saturated carbocycles. The lowest BCUT2D eigenvalue weighted by atomic mass is 9.76. The summed E-state index contributed by atoms with van der Waals surface area (Å²) in [7, 11) is 1.43. The molecule has 1 aliphatic heterocycles. The summed E-state index contributed by atoms with van der Waals surface area (Å²) in [5, 5.41) is 12.2. The number of carboxylic acid groups (broad SMARTS) is 1. The van der Waals surface area contributed by atoms with E-state index in [9.17, 15) is 19.1 Å². The topological polar surface area (TPSA) is 78.9 Å². The summed E-state index contributed by atoms with van der Waals surface area (Å²) in [5.74, 6) is -0.803. The molecular weight excluding hydrogens is 327 g/mol. The zero-order chi connectivity index (χ0) is 18.2. The molecule has 0 bridgehead atoms. The van der Waals surface area contributed by atoms with E-state index in [1.54, 1.807) is 17.9 Å². The molecule has 0 aromatic heterocycles. The Morgan fingerprint density at radius 3 is 2.68 bits per heavy atom. The standard InChI is InChI=1S/C18H23FN2O4/c1-18(16(22)23)5-6-21(10-18)17(24)20-13-7-12(8-13)11-3-4-15(25-2)14(19)9-11/h3-4,9,12-13H,5-8,10H2,1-2H3,(H,20,24)(H,22,23). The van der Waals surface area contributed by atoms with Gasteiger partial charge >= 0.3 is 12.0 Å². The number of carbonyl (C=O) groups is 2. The first-order chi connectivity index (χ1) is 11.8. The average Bonchev–Trinajstić information content (AvgIpc) is 2.94. The third-order valence-electron chi connectivity index (χ3n) is 5.39. The minimum atomic E-state index is -0.868. The zero-order valence-electron chi connectivity index (χ0n) is 14.4. The van der Waals surface area contributed by atoms with E-state index in [0.717, 1.165) is 18.4 Å². The Balaban J connectivity index is 1.50. The van der Waals surface area contributed by atoms with Gasteiger partial charge in [0.1, 0.15) is 0 Å². The first-order valence-electron chi connectivity index (χ1n) is 8.44. The van der Waals surface area contributed by atoms with Crippen molar-refractivity contribution in [1.82, 2.24) is 10.2 Å². The van der Waals surface area contributed by atoms with Gasteiger partial charge in [0.05, 0.1) is 12.5 Å². The van der Waals surface area contributed by atoms with Crippen LogP contribution < -0.4 is 10.1 Å². The normalized spacial score (nSPS) is 28.4. The molecule has 0 spiro atoms. The van der Waals surface area contributed by atoms with Crippen LogP contribution in [0.3, 0.4) is 0 Å². The van der Waals surface area contributed by atoms with E-state index in [-0.39, 0.29) is 36.1 Å². The molecule has 1 aromatic rings. The molecular formula is C18H23FN2O4. The van der Waals surface area contributed by atoms with E-state index in [1.165, 1.54) is 13.2 Å². The van der Waals surface area contributed by atoms with Crippen molar-refractivity contribution in [2.24, 2.45) is 5.41 Å². The van der Waals surface area contributed by atoms with Crippen LogP contribution in [0.25, 0.3) is 0 Å². The number of carbonyl (C=O) groups excluding carboxylic acids is 1. The maximum absolute atomic E-state index is 13.8. The third-order valence-corrected chi connectivity index (χ3v) is 5.39. The van der Waals surface area contributed by atoms with Gasteiger partial charge in [-0.05, 0) is 49.8 Å². The van der Waals surface area contributed by atoms with Crippen LogP contribution in [0, 0.1) is 11.2 Å². The van der Waals surface area contributed by atoms with Crippen LogP contribution in [0.15, 0.2) is 18.2 Å². The minimum Gasteiger partial charge on any atom is -0.494 e. The molecule has 6 nitrogen and oxygen atoms in total. The van der Waals surface area contributed by atoms with Crippen molar-refractivity contribution < 1.29 is 23.8 Å². The van der Waals surface area contributed by atoms with Crippen LogP contribution in [0.5, 0.6) is 5.75 Å². The van der Waals surface area contributed by atoms with Crippen molar-refractivity contribution in [2.75, 3.05) is 20.2 Å². The molecule has 1 heterocycles. The molecule has 1 saturated heterocycles. The summed E-state index contributed by atoms with van der Waals surface area (Å²) in [6.45, 7) is 2.35. The van der Waals surface area contributed by atoms with Gasteiger partial charge in [-0.15, -0.1) is 0 Å². The molecule has 25 heavy (non-hydrogen) atoms. The van der Waals surface area contributed by atoms with E-state index in [1.807, 2.05) is 6.07 Å². The number of halogens is 1. The van der Waals surface area contributed by atoms with Crippen LogP contribution in [0.4, 0.5) is 9.18 Å². The number of benzene rings is 1. The number of hydrogen-bond acceptors (Lipinski definition) is 3. The lowest BCUT2D eigenvalue weighted by molar-refractivity contribution is -0.147. The minimum absolute atomic E-state index is 0.0411. The number of aliphatic carboxylic acids is 1. The van der Waals surface area contributed by atoms with Gasteiger partial charge in [0.15, 0.2) is 11.6 Å². The predicted octanol–water partition coefficient (Wildman–Crippen LogP) is 2.59. The highest BCUT2D eigenvalue weighted by Gasteiger charge is 2.43. The monoisotopic (exact) mass is 350 g/mol. The number of nitrogens with one attached hydrogen (secondary N) is 1. The Kier molecular flexibility index (Phi) is 4.58. The SMILES string of the molecule is COc1ccc(C2CC(NC(=O)N3CCC(C)(C(=O)O)C3)C2)cc1F. The molecule has 1 unspecified atom stereocenters. The van der Waals surface area contributed by atoms with E-state index in [0.29, 0.717) is 13.0 Å². The van der Waals surface area contributed by atoms with E-state index in [2.05, 4.69) is 5.32 Å². The van der Waals surface area contributed by atoms with Crippen LogP contribution in [-0.2, 0) is 4.79 Å². The Morgan fingerprint density at radius 2 is 2.12 bits per heavy atom. The average molecular weight is 350 g/mol. The largest absolute Gasteiger partial charge is 0.494 e. The molecule has 1 aromatic carbocycles. The lowest BCUT2D eigenvalue weighted by Gasteiger charge is -2.37. The van der Waals surface area contributed by atoms with Crippen LogP contribution >= 0.6 is 0 Å². The van der Waals surface area contributed by atoms with Gasteiger partial charge < -0.3 is 20.1 Å².